The predicted octanol–water partition coefficient (Wildman–Crippen LogP) is 2.43. The van der Waals surface area contributed by atoms with Gasteiger partial charge >= 0.3 is 5.97 Å². The van der Waals surface area contributed by atoms with Crippen molar-refractivity contribution < 1.29 is 15.0 Å². The van der Waals surface area contributed by atoms with Crippen LogP contribution in [-0.2, 0) is 4.79 Å². The third-order valence-electron chi connectivity index (χ3n) is 4.01. The van der Waals surface area contributed by atoms with Gasteiger partial charge in [0.1, 0.15) is 0 Å². The second-order valence-corrected chi connectivity index (χ2v) is 4.71. The summed E-state index contributed by atoms with van der Waals surface area (Å²) in [5.74, 6) is -0.371. The Balaban J connectivity index is 2.61. The molecule has 1 fully saturated rings. The number of carbonyl (C=O) groups is 1. The van der Waals surface area contributed by atoms with Crippen molar-refractivity contribution >= 4 is 5.97 Å². The summed E-state index contributed by atoms with van der Waals surface area (Å²) in [5.41, 5.74) is -1.49. The van der Waals surface area contributed by atoms with Gasteiger partial charge in [0.2, 0.25) is 0 Å². The maximum absolute atomic E-state index is 11.1. The minimum atomic E-state index is -1.49. The molecule has 1 aliphatic carbocycles. The van der Waals surface area contributed by atoms with E-state index in [1.165, 1.54) is 6.42 Å². The summed E-state index contributed by atoms with van der Waals surface area (Å²) in [4.78, 5) is 11.1. The van der Waals surface area contributed by atoms with E-state index in [1.54, 1.807) is 6.92 Å². The standard InChI is InChI=1S/C12H22O3/c1-3-9-5-7-10(8-6-9)12(15,4-2)11(13)14/h9-10,15H,3-8H2,1-2H3,(H,13,14). The first-order valence-corrected chi connectivity index (χ1v) is 6.00. The van der Waals surface area contributed by atoms with Crippen molar-refractivity contribution in [2.45, 2.75) is 58.0 Å². The van der Waals surface area contributed by atoms with E-state index < -0.39 is 11.6 Å². The number of hydrogen-bond acceptors (Lipinski definition) is 2. The molecule has 0 spiro atoms. The summed E-state index contributed by atoms with van der Waals surface area (Å²) in [5, 5.41) is 19.1. The molecule has 0 aromatic heterocycles. The van der Waals surface area contributed by atoms with Gasteiger partial charge < -0.3 is 10.2 Å². The van der Waals surface area contributed by atoms with Crippen molar-refractivity contribution in [1.82, 2.24) is 0 Å². The molecular weight excluding hydrogens is 192 g/mol. The van der Waals surface area contributed by atoms with Crippen LogP contribution in [0.4, 0.5) is 0 Å². The molecule has 0 amide bonds. The summed E-state index contributed by atoms with van der Waals surface area (Å²) in [6, 6.07) is 0. The van der Waals surface area contributed by atoms with Crippen molar-refractivity contribution in [3.05, 3.63) is 0 Å². The van der Waals surface area contributed by atoms with Gasteiger partial charge in [-0.1, -0.05) is 33.1 Å². The minimum Gasteiger partial charge on any atom is -0.479 e. The van der Waals surface area contributed by atoms with E-state index in [2.05, 4.69) is 6.92 Å². The Hall–Kier alpha value is -0.570. The van der Waals surface area contributed by atoms with Crippen LogP contribution in [0.5, 0.6) is 0 Å². The van der Waals surface area contributed by atoms with Gasteiger partial charge in [0.05, 0.1) is 0 Å². The zero-order chi connectivity index (χ0) is 11.5. The van der Waals surface area contributed by atoms with E-state index in [0.29, 0.717) is 6.42 Å². The third-order valence-corrected chi connectivity index (χ3v) is 4.01. The quantitative estimate of drug-likeness (QED) is 0.755. The van der Waals surface area contributed by atoms with Crippen LogP contribution in [0.1, 0.15) is 52.4 Å². The lowest BCUT2D eigenvalue weighted by molar-refractivity contribution is -0.167. The monoisotopic (exact) mass is 214 g/mol. The summed E-state index contributed by atoms with van der Waals surface area (Å²) in [6.07, 6.45) is 5.33. The van der Waals surface area contributed by atoms with E-state index >= 15 is 0 Å². The molecule has 0 aromatic carbocycles. The lowest BCUT2D eigenvalue weighted by atomic mass is 9.72. The van der Waals surface area contributed by atoms with Gasteiger partial charge in [-0.3, -0.25) is 0 Å². The number of rotatable bonds is 4. The van der Waals surface area contributed by atoms with E-state index in [4.69, 9.17) is 5.11 Å². The van der Waals surface area contributed by atoms with Crippen LogP contribution in [0.2, 0.25) is 0 Å². The molecule has 3 nitrogen and oxygen atoms in total. The Morgan fingerprint density at radius 1 is 1.27 bits per heavy atom. The fourth-order valence-electron chi connectivity index (χ4n) is 2.66. The molecule has 0 heterocycles. The summed E-state index contributed by atoms with van der Waals surface area (Å²) in [7, 11) is 0. The van der Waals surface area contributed by atoms with Crippen LogP contribution in [0, 0.1) is 11.8 Å². The molecule has 88 valence electrons. The molecular formula is C12H22O3. The van der Waals surface area contributed by atoms with Gasteiger partial charge in [-0.2, -0.15) is 0 Å². The smallest absolute Gasteiger partial charge is 0.335 e. The highest BCUT2D eigenvalue weighted by Crippen LogP contribution is 2.38. The van der Waals surface area contributed by atoms with Gasteiger partial charge in [0.15, 0.2) is 5.60 Å². The van der Waals surface area contributed by atoms with Crippen molar-refractivity contribution in [2.75, 3.05) is 0 Å². The highest BCUT2D eigenvalue weighted by molar-refractivity contribution is 5.77. The second-order valence-electron chi connectivity index (χ2n) is 4.71. The Morgan fingerprint density at radius 3 is 2.13 bits per heavy atom. The molecule has 0 bridgehead atoms. The topological polar surface area (TPSA) is 57.5 Å². The summed E-state index contributed by atoms with van der Waals surface area (Å²) in [6.45, 7) is 3.92. The molecule has 0 radical (unpaired) electrons. The zero-order valence-electron chi connectivity index (χ0n) is 9.70. The molecule has 1 saturated carbocycles. The summed E-state index contributed by atoms with van der Waals surface area (Å²) >= 11 is 0. The molecule has 0 saturated heterocycles. The first kappa shape index (κ1) is 12.5. The molecule has 1 atom stereocenters. The van der Waals surface area contributed by atoms with E-state index in [9.17, 15) is 9.90 Å². The second kappa shape index (κ2) is 4.97. The number of aliphatic carboxylic acids is 1. The molecule has 2 N–H and O–H groups in total. The number of carboxylic acid groups (broad SMARTS) is 1. The molecule has 3 heteroatoms. The van der Waals surface area contributed by atoms with Crippen molar-refractivity contribution in [3.63, 3.8) is 0 Å². The third kappa shape index (κ3) is 2.51. The van der Waals surface area contributed by atoms with Gasteiger partial charge in [-0.15, -0.1) is 0 Å². The van der Waals surface area contributed by atoms with Gasteiger partial charge in [0.25, 0.3) is 0 Å². The Bertz CT molecular complexity index is 219. The maximum Gasteiger partial charge on any atom is 0.335 e. The molecule has 1 rings (SSSR count). The largest absolute Gasteiger partial charge is 0.479 e. The molecule has 1 unspecified atom stereocenters. The van der Waals surface area contributed by atoms with E-state index in [1.807, 2.05) is 0 Å². The fraction of sp³-hybridized carbons (Fsp3) is 0.917. The minimum absolute atomic E-state index is 0.0530. The van der Waals surface area contributed by atoms with Crippen molar-refractivity contribution in [1.29, 1.82) is 0 Å². The number of hydrogen-bond donors (Lipinski definition) is 2. The normalized spacial score (nSPS) is 30.9. The average Bonchev–Trinajstić information content (AvgIpc) is 2.28. The first-order valence-electron chi connectivity index (χ1n) is 6.00. The molecule has 0 aliphatic heterocycles. The Kier molecular flexibility index (Phi) is 4.14. The van der Waals surface area contributed by atoms with Gasteiger partial charge in [0, 0.05) is 0 Å². The average molecular weight is 214 g/mol. The highest BCUT2D eigenvalue weighted by Gasteiger charge is 2.43. The Morgan fingerprint density at radius 2 is 1.80 bits per heavy atom. The first-order chi connectivity index (χ1) is 7.04. The maximum atomic E-state index is 11.1. The highest BCUT2D eigenvalue weighted by atomic mass is 16.4. The summed E-state index contributed by atoms with van der Waals surface area (Å²) < 4.78 is 0. The zero-order valence-corrected chi connectivity index (χ0v) is 9.70. The van der Waals surface area contributed by atoms with E-state index in [0.717, 1.165) is 31.6 Å². The van der Waals surface area contributed by atoms with Crippen LogP contribution in [-0.4, -0.2) is 21.8 Å². The van der Waals surface area contributed by atoms with Crippen molar-refractivity contribution in [3.8, 4) is 0 Å². The lowest BCUT2D eigenvalue weighted by Crippen LogP contribution is -2.46. The van der Waals surface area contributed by atoms with E-state index in [-0.39, 0.29) is 5.92 Å². The van der Waals surface area contributed by atoms with Gasteiger partial charge in [-0.25, -0.2) is 4.79 Å². The lowest BCUT2D eigenvalue weighted by Gasteiger charge is -2.36. The predicted molar refractivity (Wildman–Crippen MR) is 58.6 cm³/mol. The number of aliphatic hydroxyl groups is 1. The molecule has 15 heavy (non-hydrogen) atoms. The molecule has 1 aliphatic rings. The van der Waals surface area contributed by atoms with Crippen LogP contribution >= 0.6 is 0 Å². The van der Waals surface area contributed by atoms with Crippen LogP contribution < -0.4 is 0 Å². The fourth-order valence-corrected chi connectivity index (χ4v) is 2.66. The van der Waals surface area contributed by atoms with Crippen LogP contribution in [0.25, 0.3) is 0 Å². The van der Waals surface area contributed by atoms with Crippen LogP contribution in [0.15, 0.2) is 0 Å². The van der Waals surface area contributed by atoms with Crippen LogP contribution in [0.3, 0.4) is 0 Å². The SMILES string of the molecule is CCC1CCC(C(O)(CC)C(=O)O)CC1. The Labute approximate surface area is 91.5 Å². The van der Waals surface area contributed by atoms with Crippen molar-refractivity contribution in [2.24, 2.45) is 11.8 Å². The molecule has 0 aromatic rings. The number of carboxylic acids is 1. The van der Waals surface area contributed by atoms with Gasteiger partial charge in [-0.05, 0) is 31.1 Å².